The van der Waals surface area contributed by atoms with Gasteiger partial charge in [-0.15, -0.1) is 0 Å². The highest BCUT2D eigenvalue weighted by molar-refractivity contribution is 5.23. The zero-order valence-electron chi connectivity index (χ0n) is 9.81. The average molecular weight is 209 g/mol. The summed E-state index contributed by atoms with van der Waals surface area (Å²) < 4.78 is 13.0. The molecule has 1 N–H and O–H groups in total. The third-order valence-corrected chi connectivity index (χ3v) is 2.24. The molecule has 0 fully saturated rings. The number of hydrogen-bond donors (Lipinski definition) is 1. The van der Waals surface area contributed by atoms with Crippen molar-refractivity contribution in [2.75, 3.05) is 13.1 Å². The molecule has 0 atom stereocenters. The summed E-state index contributed by atoms with van der Waals surface area (Å²) in [6.45, 7) is 8.22. The van der Waals surface area contributed by atoms with Crippen molar-refractivity contribution in [3.8, 4) is 0 Å². The highest BCUT2D eigenvalue weighted by Gasteiger charge is 1.98. The molecular weight excluding hydrogens is 189 g/mol. The van der Waals surface area contributed by atoms with Crippen molar-refractivity contribution in [1.82, 2.24) is 5.32 Å². The predicted octanol–water partition coefficient (Wildman–Crippen LogP) is 2.92. The SMILES string of the molecule is Cc1cc(F)cc(CCNCC(C)C)c1. The minimum absolute atomic E-state index is 0.131. The number of benzene rings is 1. The quantitative estimate of drug-likeness (QED) is 0.735. The molecule has 1 nitrogen and oxygen atoms in total. The maximum Gasteiger partial charge on any atom is 0.123 e. The molecule has 0 radical (unpaired) electrons. The maximum atomic E-state index is 13.0. The highest BCUT2D eigenvalue weighted by Crippen LogP contribution is 2.08. The predicted molar refractivity (Wildman–Crippen MR) is 62.5 cm³/mol. The summed E-state index contributed by atoms with van der Waals surface area (Å²) in [4.78, 5) is 0. The van der Waals surface area contributed by atoms with E-state index in [1.165, 1.54) is 0 Å². The normalized spacial score (nSPS) is 11.0. The molecule has 0 spiro atoms. The van der Waals surface area contributed by atoms with Gasteiger partial charge in [-0.3, -0.25) is 0 Å². The molecule has 0 saturated heterocycles. The number of halogens is 1. The summed E-state index contributed by atoms with van der Waals surface area (Å²) in [6, 6.07) is 5.22. The minimum atomic E-state index is -0.131. The van der Waals surface area contributed by atoms with Crippen molar-refractivity contribution in [3.05, 3.63) is 35.1 Å². The highest BCUT2D eigenvalue weighted by atomic mass is 19.1. The summed E-state index contributed by atoms with van der Waals surface area (Å²) >= 11 is 0. The molecule has 0 aliphatic carbocycles. The Bertz CT molecular complexity index is 287. The van der Waals surface area contributed by atoms with Crippen LogP contribution in [0.2, 0.25) is 0 Å². The monoisotopic (exact) mass is 209 g/mol. The molecule has 0 aliphatic heterocycles. The lowest BCUT2D eigenvalue weighted by atomic mass is 10.1. The van der Waals surface area contributed by atoms with Crippen LogP contribution in [-0.4, -0.2) is 13.1 Å². The smallest absolute Gasteiger partial charge is 0.123 e. The Labute approximate surface area is 91.7 Å². The van der Waals surface area contributed by atoms with Crippen LogP contribution in [0.5, 0.6) is 0 Å². The molecule has 1 aromatic rings. The van der Waals surface area contributed by atoms with Crippen molar-refractivity contribution >= 4 is 0 Å². The van der Waals surface area contributed by atoms with Crippen molar-refractivity contribution in [2.24, 2.45) is 5.92 Å². The Morgan fingerprint density at radius 1 is 1.27 bits per heavy atom. The van der Waals surface area contributed by atoms with Crippen molar-refractivity contribution < 1.29 is 4.39 Å². The number of nitrogens with one attached hydrogen (secondary N) is 1. The van der Waals surface area contributed by atoms with Gasteiger partial charge in [0.25, 0.3) is 0 Å². The van der Waals surface area contributed by atoms with Crippen LogP contribution in [-0.2, 0) is 6.42 Å². The van der Waals surface area contributed by atoms with Crippen LogP contribution in [0, 0.1) is 18.7 Å². The Morgan fingerprint density at radius 2 is 2.00 bits per heavy atom. The van der Waals surface area contributed by atoms with Gasteiger partial charge in [0, 0.05) is 0 Å². The topological polar surface area (TPSA) is 12.0 Å². The molecule has 0 unspecified atom stereocenters. The van der Waals surface area contributed by atoms with Gasteiger partial charge in [0.1, 0.15) is 5.82 Å². The number of rotatable bonds is 5. The third kappa shape index (κ3) is 4.93. The summed E-state index contributed by atoms with van der Waals surface area (Å²) in [7, 11) is 0. The van der Waals surface area contributed by atoms with E-state index in [2.05, 4.69) is 19.2 Å². The largest absolute Gasteiger partial charge is 0.316 e. The van der Waals surface area contributed by atoms with E-state index in [0.29, 0.717) is 5.92 Å². The standard InChI is InChI=1S/C13H20FN/c1-10(2)9-15-5-4-12-6-11(3)7-13(14)8-12/h6-8,10,15H,4-5,9H2,1-3H3. The van der Waals surface area contributed by atoms with Crippen molar-refractivity contribution in [1.29, 1.82) is 0 Å². The van der Waals surface area contributed by atoms with Gasteiger partial charge in [0.2, 0.25) is 0 Å². The number of hydrogen-bond acceptors (Lipinski definition) is 1. The first-order valence-electron chi connectivity index (χ1n) is 5.54. The molecule has 0 heterocycles. The molecule has 0 amide bonds. The van der Waals surface area contributed by atoms with Crippen molar-refractivity contribution in [2.45, 2.75) is 27.2 Å². The fraction of sp³-hybridized carbons (Fsp3) is 0.538. The Kier molecular flexibility index (Phi) is 4.76. The lowest BCUT2D eigenvalue weighted by Gasteiger charge is -2.07. The van der Waals surface area contributed by atoms with Crippen LogP contribution < -0.4 is 5.32 Å². The van der Waals surface area contributed by atoms with Crippen LogP contribution >= 0.6 is 0 Å². The fourth-order valence-electron chi connectivity index (χ4n) is 1.58. The molecule has 84 valence electrons. The van der Waals surface area contributed by atoms with Crippen LogP contribution in [0.25, 0.3) is 0 Å². The van der Waals surface area contributed by atoms with E-state index < -0.39 is 0 Å². The van der Waals surface area contributed by atoms with E-state index in [-0.39, 0.29) is 5.82 Å². The van der Waals surface area contributed by atoms with Gasteiger partial charge in [0.15, 0.2) is 0 Å². The number of aryl methyl sites for hydroxylation is 1. The van der Waals surface area contributed by atoms with Gasteiger partial charge < -0.3 is 5.32 Å². The fourth-order valence-corrected chi connectivity index (χ4v) is 1.58. The zero-order chi connectivity index (χ0) is 11.3. The van der Waals surface area contributed by atoms with Gasteiger partial charge in [-0.05, 0) is 55.6 Å². The van der Waals surface area contributed by atoms with Crippen LogP contribution in [0.3, 0.4) is 0 Å². The summed E-state index contributed by atoms with van der Waals surface area (Å²) in [6.07, 6.45) is 0.894. The second kappa shape index (κ2) is 5.86. The van der Waals surface area contributed by atoms with E-state index in [1.54, 1.807) is 12.1 Å². The lowest BCUT2D eigenvalue weighted by molar-refractivity contribution is 0.553. The first-order valence-corrected chi connectivity index (χ1v) is 5.54. The Morgan fingerprint density at radius 3 is 2.60 bits per heavy atom. The Balaban J connectivity index is 2.37. The third-order valence-electron chi connectivity index (χ3n) is 2.24. The van der Waals surface area contributed by atoms with Gasteiger partial charge in [-0.2, -0.15) is 0 Å². The van der Waals surface area contributed by atoms with Gasteiger partial charge in [0.05, 0.1) is 0 Å². The lowest BCUT2D eigenvalue weighted by Crippen LogP contribution is -2.22. The van der Waals surface area contributed by atoms with Gasteiger partial charge in [-0.25, -0.2) is 4.39 Å². The first kappa shape index (κ1) is 12.2. The molecule has 0 aliphatic rings. The molecular formula is C13H20FN. The van der Waals surface area contributed by atoms with Crippen LogP contribution in [0.4, 0.5) is 4.39 Å². The Hall–Kier alpha value is -0.890. The molecule has 2 heteroatoms. The van der Waals surface area contributed by atoms with E-state index in [0.717, 1.165) is 30.6 Å². The average Bonchev–Trinajstić information content (AvgIpc) is 2.10. The molecule has 0 saturated carbocycles. The minimum Gasteiger partial charge on any atom is -0.316 e. The van der Waals surface area contributed by atoms with Crippen LogP contribution in [0.1, 0.15) is 25.0 Å². The summed E-state index contributed by atoms with van der Waals surface area (Å²) in [5.41, 5.74) is 2.07. The first-order chi connectivity index (χ1) is 7.08. The van der Waals surface area contributed by atoms with E-state index in [9.17, 15) is 4.39 Å². The summed E-state index contributed by atoms with van der Waals surface area (Å²) in [5.74, 6) is 0.535. The van der Waals surface area contributed by atoms with E-state index in [4.69, 9.17) is 0 Å². The van der Waals surface area contributed by atoms with E-state index >= 15 is 0 Å². The molecule has 0 bridgehead atoms. The molecule has 0 aromatic heterocycles. The second-order valence-corrected chi connectivity index (χ2v) is 4.48. The summed E-state index contributed by atoms with van der Waals surface area (Å²) in [5, 5.41) is 3.35. The zero-order valence-corrected chi connectivity index (χ0v) is 9.81. The van der Waals surface area contributed by atoms with Crippen molar-refractivity contribution in [3.63, 3.8) is 0 Å². The molecule has 15 heavy (non-hydrogen) atoms. The second-order valence-electron chi connectivity index (χ2n) is 4.48. The van der Waals surface area contributed by atoms with Gasteiger partial charge in [-0.1, -0.05) is 19.9 Å². The molecule has 1 aromatic carbocycles. The van der Waals surface area contributed by atoms with Crippen LogP contribution in [0.15, 0.2) is 18.2 Å². The van der Waals surface area contributed by atoms with E-state index in [1.807, 2.05) is 13.0 Å². The maximum absolute atomic E-state index is 13.0. The molecule has 1 rings (SSSR count). The van der Waals surface area contributed by atoms with Gasteiger partial charge >= 0.3 is 0 Å².